The van der Waals surface area contributed by atoms with Crippen molar-refractivity contribution in [3.05, 3.63) is 42.0 Å². The molecule has 0 aromatic heterocycles. The number of carbonyl (C=O) groups excluding carboxylic acids is 1. The lowest BCUT2D eigenvalue weighted by atomic mass is 10.1. The molecule has 6 nitrogen and oxygen atoms in total. The highest BCUT2D eigenvalue weighted by atomic mass is 16.5. The van der Waals surface area contributed by atoms with Crippen molar-refractivity contribution in [1.29, 1.82) is 0 Å². The van der Waals surface area contributed by atoms with E-state index in [1.165, 1.54) is 0 Å². The number of ether oxygens (including phenoxy) is 3. The molecule has 0 heterocycles. The number of hydrogen-bond acceptors (Lipinski definition) is 5. The summed E-state index contributed by atoms with van der Waals surface area (Å²) in [7, 11) is 8.61. The van der Waals surface area contributed by atoms with E-state index in [0.717, 1.165) is 16.9 Å². The second-order valence-corrected chi connectivity index (χ2v) is 5.99. The Morgan fingerprint density at radius 3 is 2.15 bits per heavy atom. The van der Waals surface area contributed by atoms with E-state index < -0.39 is 0 Å². The number of anilines is 2. The van der Waals surface area contributed by atoms with Crippen molar-refractivity contribution < 1.29 is 19.0 Å². The van der Waals surface area contributed by atoms with Crippen molar-refractivity contribution in [2.45, 2.75) is 12.8 Å². The normalized spacial score (nSPS) is 10.2. The average Bonchev–Trinajstić information content (AvgIpc) is 2.65. The number of hydrogen-bond donors (Lipinski definition) is 1. The van der Waals surface area contributed by atoms with Crippen LogP contribution in [0.3, 0.4) is 0 Å². The van der Waals surface area contributed by atoms with Gasteiger partial charge < -0.3 is 24.4 Å². The Labute approximate surface area is 154 Å². The first kappa shape index (κ1) is 19.4. The smallest absolute Gasteiger partial charge is 0.224 e. The van der Waals surface area contributed by atoms with E-state index >= 15 is 0 Å². The summed E-state index contributed by atoms with van der Waals surface area (Å²) in [5, 5.41) is 2.97. The Hall–Kier alpha value is -2.89. The van der Waals surface area contributed by atoms with Crippen molar-refractivity contribution in [2.75, 3.05) is 45.6 Å². The number of rotatable bonds is 8. The molecule has 0 fully saturated rings. The van der Waals surface area contributed by atoms with Gasteiger partial charge in [-0.05, 0) is 36.2 Å². The van der Waals surface area contributed by atoms with Crippen LogP contribution in [0.25, 0.3) is 0 Å². The van der Waals surface area contributed by atoms with Gasteiger partial charge in [-0.1, -0.05) is 12.1 Å². The summed E-state index contributed by atoms with van der Waals surface area (Å²) in [5.41, 5.74) is 2.71. The van der Waals surface area contributed by atoms with Crippen LogP contribution in [0.1, 0.15) is 12.0 Å². The van der Waals surface area contributed by atoms with Crippen LogP contribution in [0, 0.1) is 0 Å². The van der Waals surface area contributed by atoms with Crippen molar-refractivity contribution in [1.82, 2.24) is 0 Å². The van der Waals surface area contributed by atoms with E-state index in [4.69, 9.17) is 14.2 Å². The Morgan fingerprint density at radius 2 is 1.62 bits per heavy atom. The number of carbonyl (C=O) groups is 1. The van der Waals surface area contributed by atoms with Crippen molar-refractivity contribution in [3.63, 3.8) is 0 Å². The molecule has 0 bridgehead atoms. The van der Waals surface area contributed by atoms with E-state index in [-0.39, 0.29) is 5.91 Å². The number of amides is 1. The third-order valence-corrected chi connectivity index (χ3v) is 4.03. The number of para-hydroxylation sites is 2. The van der Waals surface area contributed by atoms with Crippen LogP contribution in [0.2, 0.25) is 0 Å². The van der Waals surface area contributed by atoms with Crippen LogP contribution in [-0.2, 0) is 11.2 Å². The number of aryl methyl sites for hydroxylation is 1. The first-order valence-electron chi connectivity index (χ1n) is 8.35. The van der Waals surface area contributed by atoms with Gasteiger partial charge in [0.1, 0.15) is 0 Å². The van der Waals surface area contributed by atoms with Gasteiger partial charge in [0.25, 0.3) is 0 Å². The molecule has 1 amide bonds. The van der Waals surface area contributed by atoms with E-state index in [1.807, 2.05) is 55.4 Å². The van der Waals surface area contributed by atoms with Gasteiger partial charge in [0.05, 0.1) is 32.7 Å². The number of benzene rings is 2. The minimum Gasteiger partial charge on any atom is -0.493 e. The molecule has 0 atom stereocenters. The summed E-state index contributed by atoms with van der Waals surface area (Å²) in [6.45, 7) is 0. The highest BCUT2D eigenvalue weighted by Crippen LogP contribution is 2.38. The second-order valence-electron chi connectivity index (χ2n) is 5.99. The molecule has 0 aliphatic carbocycles. The summed E-state index contributed by atoms with van der Waals surface area (Å²) in [6, 6.07) is 11.4. The number of methoxy groups -OCH3 is 3. The molecule has 2 rings (SSSR count). The van der Waals surface area contributed by atoms with Gasteiger partial charge in [-0.3, -0.25) is 4.79 Å². The number of nitrogens with one attached hydrogen (secondary N) is 1. The molecular weight excluding hydrogens is 332 g/mol. The standard InChI is InChI=1S/C20H26N2O4/c1-22(2)16-9-7-6-8-15(16)21-19(23)11-10-14-12-17(24-3)20(26-5)18(13-14)25-4/h6-9,12-13H,10-11H2,1-5H3,(H,21,23). The Kier molecular flexibility index (Phi) is 6.72. The van der Waals surface area contributed by atoms with Crippen LogP contribution in [0.15, 0.2) is 36.4 Å². The maximum Gasteiger partial charge on any atom is 0.224 e. The predicted octanol–water partition coefficient (Wildman–Crippen LogP) is 3.35. The Balaban J connectivity index is 2.08. The van der Waals surface area contributed by atoms with Gasteiger partial charge in [-0.25, -0.2) is 0 Å². The molecule has 26 heavy (non-hydrogen) atoms. The first-order valence-corrected chi connectivity index (χ1v) is 8.35. The summed E-state index contributed by atoms with van der Waals surface area (Å²) in [5.74, 6) is 1.66. The lowest BCUT2D eigenvalue weighted by Crippen LogP contribution is -2.16. The molecule has 1 N–H and O–H groups in total. The molecule has 2 aromatic carbocycles. The van der Waals surface area contributed by atoms with E-state index in [1.54, 1.807) is 21.3 Å². The monoisotopic (exact) mass is 358 g/mol. The molecule has 0 aliphatic rings. The van der Waals surface area contributed by atoms with Crippen LogP contribution < -0.4 is 24.4 Å². The highest BCUT2D eigenvalue weighted by molar-refractivity contribution is 5.94. The van der Waals surface area contributed by atoms with Gasteiger partial charge in [-0.2, -0.15) is 0 Å². The molecule has 0 saturated heterocycles. The molecule has 0 radical (unpaired) electrons. The van der Waals surface area contributed by atoms with E-state index in [2.05, 4.69) is 5.32 Å². The molecule has 2 aromatic rings. The van der Waals surface area contributed by atoms with Crippen molar-refractivity contribution in [2.24, 2.45) is 0 Å². The van der Waals surface area contributed by atoms with Crippen LogP contribution >= 0.6 is 0 Å². The van der Waals surface area contributed by atoms with Gasteiger partial charge in [-0.15, -0.1) is 0 Å². The van der Waals surface area contributed by atoms with Crippen LogP contribution in [0.4, 0.5) is 11.4 Å². The summed E-state index contributed by atoms with van der Waals surface area (Å²) in [6.07, 6.45) is 0.910. The van der Waals surface area contributed by atoms with Crippen molar-refractivity contribution >= 4 is 17.3 Å². The lowest BCUT2D eigenvalue weighted by molar-refractivity contribution is -0.116. The Morgan fingerprint density at radius 1 is 1.00 bits per heavy atom. The molecule has 6 heteroatoms. The zero-order valence-corrected chi connectivity index (χ0v) is 16.0. The fraction of sp³-hybridized carbons (Fsp3) is 0.350. The first-order chi connectivity index (χ1) is 12.5. The molecule has 0 unspecified atom stereocenters. The topological polar surface area (TPSA) is 60.0 Å². The summed E-state index contributed by atoms with van der Waals surface area (Å²) in [4.78, 5) is 14.3. The minimum atomic E-state index is -0.0481. The molecule has 0 aliphatic heterocycles. The van der Waals surface area contributed by atoms with Crippen LogP contribution in [0.5, 0.6) is 17.2 Å². The summed E-state index contributed by atoms with van der Waals surface area (Å²) < 4.78 is 16.0. The third kappa shape index (κ3) is 4.59. The second kappa shape index (κ2) is 8.99. The zero-order valence-electron chi connectivity index (χ0n) is 16.0. The molecule has 0 spiro atoms. The van der Waals surface area contributed by atoms with Gasteiger partial charge in [0, 0.05) is 20.5 Å². The average molecular weight is 358 g/mol. The minimum absolute atomic E-state index is 0.0481. The Bertz CT molecular complexity index is 734. The van der Waals surface area contributed by atoms with Gasteiger partial charge >= 0.3 is 0 Å². The third-order valence-electron chi connectivity index (χ3n) is 4.03. The lowest BCUT2D eigenvalue weighted by Gasteiger charge is -2.18. The van der Waals surface area contributed by atoms with Gasteiger partial charge in [0.15, 0.2) is 11.5 Å². The maximum absolute atomic E-state index is 12.4. The predicted molar refractivity (Wildman–Crippen MR) is 104 cm³/mol. The largest absolute Gasteiger partial charge is 0.493 e. The SMILES string of the molecule is COc1cc(CCC(=O)Nc2ccccc2N(C)C)cc(OC)c1OC. The quantitative estimate of drug-likeness (QED) is 0.784. The van der Waals surface area contributed by atoms with E-state index in [0.29, 0.717) is 30.1 Å². The van der Waals surface area contributed by atoms with E-state index in [9.17, 15) is 4.79 Å². The van der Waals surface area contributed by atoms with Gasteiger partial charge in [0.2, 0.25) is 11.7 Å². The molecule has 140 valence electrons. The molecular formula is C20H26N2O4. The maximum atomic E-state index is 12.4. The molecule has 0 saturated carbocycles. The number of nitrogens with zero attached hydrogens (tertiary/aromatic N) is 1. The van der Waals surface area contributed by atoms with Crippen LogP contribution in [-0.4, -0.2) is 41.3 Å². The zero-order chi connectivity index (χ0) is 19.1. The fourth-order valence-corrected chi connectivity index (χ4v) is 2.72. The summed E-state index contributed by atoms with van der Waals surface area (Å²) >= 11 is 0. The highest BCUT2D eigenvalue weighted by Gasteiger charge is 2.14. The fourth-order valence-electron chi connectivity index (χ4n) is 2.72. The van der Waals surface area contributed by atoms with Crippen molar-refractivity contribution in [3.8, 4) is 17.2 Å².